The van der Waals surface area contributed by atoms with E-state index in [1.165, 1.54) is 13.8 Å². The SMILES string of the molecule is C=C1C(=O)[C@]23C[C@H]1C[C@@H](OC(C)=O)[C@H]2[C@@]12CO[C@]3(O)[C@@H](O)[C@@H]1[C@](C)(COC(C)=O)CC[C@H]2O. The first-order valence-corrected chi connectivity index (χ1v) is 11.6. The van der Waals surface area contributed by atoms with Crippen molar-refractivity contribution in [3.63, 3.8) is 0 Å². The maximum absolute atomic E-state index is 13.7. The Hall–Kier alpha value is -1.81. The number of ether oxygens (including phenoxy) is 3. The summed E-state index contributed by atoms with van der Waals surface area (Å²) in [6, 6.07) is 0. The van der Waals surface area contributed by atoms with Crippen LogP contribution in [0.2, 0.25) is 0 Å². The molecule has 4 saturated carbocycles. The quantitative estimate of drug-likeness (QED) is 0.402. The minimum Gasteiger partial charge on any atom is -0.465 e. The molecule has 9 nitrogen and oxygen atoms in total. The molecule has 2 heterocycles. The number of fused-ring (bicyclic) bond motifs is 2. The highest BCUT2D eigenvalue weighted by Gasteiger charge is 2.86. The van der Waals surface area contributed by atoms with Gasteiger partial charge in [0.15, 0.2) is 5.78 Å². The molecular weight excluding hydrogens is 432 g/mol. The van der Waals surface area contributed by atoms with Crippen molar-refractivity contribution in [3.8, 4) is 0 Å². The predicted molar refractivity (Wildman–Crippen MR) is 111 cm³/mol. The van der Waals surface area contributed by atoms with E-state index in [-0.39, 0.29) is 25.6 Å². The summed E-state index contributed by atoms with van der Waals surface area (Å²) in [5.74, 6) is -5.50. The molecule has 3 N–H and O–H groups in total. The molecule has 33 heavy (non-hydrogen) atoms. The molecule has 4 bridgehead atoms. The lowest BCUT2D eigenvalue weighted by molar-refractivity contribution is -0.457. The van der Waals surface area contributed by atoms with Gasteiger partial charge in [-0.05, 0) is 37.2 Å². The highest BCUT2D eigenvalue weighted by atomic mass is 16.6. The van der Waals surface area contributed by atoms with E-state index in [0.717, 1.165) is 0 Å². The third kappa shape index (κ3) is 2.54. The average Bonchev–Trinajstić information content (AvgIpc) is 2.93. The molecule has 9 heteroatoms. The first kappa shape index (κ1) is 23.0. The third-order valence-corrected chi connectivity index (χ3v) is 9.52. The van der Waals surface area contributed by atoms with Crippen LogP contribution >= 0.6 is 0 Å². The number of rotatable bonds is 3. The second-order valence-corrected chi connectivity index (χ2v) is 11.1. The maximum atomic E-state index is 13.7. The van der Waals surface area contributed by atoms with Gasteiger partial charge in [-0.2, -0.15) is 0 Å². The molecule has 0 amide bonds. The molecule has 2 aliphatic heterocycles. The summed E-state index contributed by atoms with van der Waals surface area (Å²) in [6.07, 6.45) is -1.95. The fourth-order valence-corrected chi connectivity index (χ4v) is 8.44. The number of esters is 2. The summed E-state index contributed by atoms with van der Waals surface area (Å²) in [5.41, 5.74) is -3.25. The Morgan fingerprint density at radius 3 is 2.55 bits per heavy atom. The normalized spacial score (nSPS) is 52.2. The van der Waals surface area contributed by atoms with Gasteiger partial charge in [-0.3, -0.25) is 14.4 Å². The van der Waals surface area contributed by atoms with Gasteiger partial charge < -0.3 is 29.5 Å². The van der Waals surface area contributed by atoms with Crippen LogP contribution in [-0.4, -0.2) is 70.4 Å². The van der Waals surface area contributed by atoms with Gasteiger partial charge in [-0.25, -0.2) is 0 Å². The summed E-state index contributed by atoms with van der Waals surface area (Å²) in [5, 5.41) is 35.1. The molecule has 0 aromatic heterocycles. The molecule has 0 aromatic rings. The zero-order chi connectivity index (χ0) is 24.1. The van der Waals surface area contributed by atoms with Crippen molar-refractivity contribution in [3.05, 3.63) is 12.2 Å². The number of carbonyl (C=O) groups is 3. The summed E-state index contributed by atoms with van der Waals surface area (Å²) in [4.78, 5) is 37.4. The molecular formula is C24H32O9. The van der Waals surface area contributed by atoms with Crippen molar-refractivity contribution in [1.82, 2.24) is 0 Å². The fraction of sp³-hybridized carbons (Fsp3) is 0.792. The van der Waals surface area contributed by atoms with E-state index in [1.54, 1.807) is 0 Å². The third-order valence-electron chi connectivity index (χ3n) is 9.52. The monoisotopic (exact) mass is 464 g/mol. The van der Waals surface area contributed by atoms with Crippen LogP contribution in [0.25, 0.3) is 0 Å². The van der Waals surface area contributed by atoms with Crippen LogP contribution in [0, 0.1) is 34.0 Å². The number of Topliss-reactive ketones (excluding diaryl/α,β-unsaturated/α-hetero) is 1. The van der Waals surface area contributed by atoms with E-state index in [4.69, 9.17) is 14.2 Å². The number of hydrogen-bond donors (Lipinski definition) is 3. The Kier molecular flexibility index (Phi) is 4.78. The van der Waals surface area contributed by atoms with E-state index in [0.29, 0.717) is 24.8 Å². The van der Waals surface area contributed by atoms with E-state index >= 15 is 0 Å². The number of hydrogen-bond acceptors (Lipinski definition) is 9. The number of allylic oxidation sites excluding steroid dienone is 1. The van der Waals surface area contributed by atoms with Crippen LogP contribution in [0.4, 0.5) is 0 Å². The van der Waals surface area contributed by atoms with E-state index in [2.05, 4.69) is 6.58 Å². The minimum absolute atomic E-state index is 0.0180. The zero-order valence-corrected chi connectivity index (χ0v) is 19.2. The lowest BCUT2D eigenvalue weighted by atomic mass is 9.35. The number of aliphatic hydroxyl groups excluding tert-OH is 2. The average molecular weight is 465 g/mol. The summed E-state index contributed by atoms with van der Waals surface area (Å²) >= 11 is 0. The zero-order valence-electron chi connectivity index (χ0n) is 19.2. The Morgan fingerprint density at radius 1 is 1.21 bits per heavy atom. The second-order valence-electron chi connectivity index (χ2n) is 11.1. The molecule has 10 atom stereocenters. The highest BCUT2D eigenvalue weighted by molar-refractivity contribution is 6.04. The number of ketones is 1. The fourth-order valence-electron chi connectivity index (χ4n) is 8.44. The van der Waals surface area contributed by atoms with Gasteiger partial charge in [0, 0.05) is 36.5 Å². The van der Waals surface area contributed by atoms with Crippen LogP contribution in [0.15, 0.2) is 12.2 Å². The van der Waals surface area contributed by atoms with Crippen molar-refractivity contribution >= 4 is 17.7 Å². The molecule has 0 aromatic carbocycles. The van der Waals surface area contributed by atoms with Gasteiger partial charge in [0.25, 0.3) is 0 Å². The van der Waals surface area contributed by atoms with E-state index < -0.39 is 69.9 Å². The van der Waals surface area contributed by atoms with Gasteiger partial charge in [0.2, 0.25) is 5.79 Å². The van der Waals surface area contributed by atoms with Crippen LogP contribution in [0.5, 0.6) is 0 Å². The van der Waals surface area contributed by atoms with Crippen molar-refractivity contribution in [2.45, 2.75) is 70.6 Å². The molecule has 0 unspecified atom stereocenters. The molecule has 4 aliphatic carbocycles. The maximum Gasteiger partial charge on any atom is 0.302 e. The van der Waals surface area contributed by atoms with Crippen molar-refractivity contribution in [2.75, 3.05) is 13.2 Å². The number of aliphatic hydroxyl groups is 3. The van der Waals surface area contributed by atoms with Crippen molar-refractivity contribution in [2.24, 2.45) is 34.0 Å². The molecule has 6 rings (SSSR count). The summed E-state index contributed by atoms with van der Waals surface area (Å²) in [7, 11) is 0. The van der Waals surface area contributed by atoms with E-state index in [9.17, 15) is 29.7 Å². The lowest BCUT2D eigenvalue weighted by Crippen LogP contribution is -2.85. The topological polar surface area (TPSA) is 140 Å². The smallest absolute Gasteiger partial charge is 0.302 e. The number of carbonyl (C=O) groups excluding carboxylic acids is 3. The minimum atomic E-state index is -2.24. The molecule has 6 aliphatic rings. The standard InChI is InChI=1S/C24H32O9/c1-11-14-7-15(33-13(3)26)17-22-10-32-24(30,23(17,8-14)19(11)28)20(29)18(22)21(4,6-5-16(22)27)9-31-12(2)25/h14-18,20,27,29-30H,1,5-10H2,2-4H3/t14-,15-,16-,17+,18-,20+,21+,22+,23+,24-/m1/s1. The molecule has 2 saturated heterocycles. The van der Waals surface area contributed by atoms with E-state index in [1.807, 2.05) is 6.92 Å². The largest absolute Gasteiger partial charge is 0.465 e. The van der Waals surface area contributed by atoms with Gasteiger partial charge in [0.1, 0.15) is 12.2 Å². The molecule has 0 radical (unpaired) electrons. The second kappa shape index (κ2) is 6.87. The Bertz CT molecular complexity index is 946. The van der Waals surface area contributed by atoms with Crippen LogP contribution < -0.4 is 0 Å². The first-order chi connectivity index (χ1) is 15.3. The van der Waals surface area contributed by atoms with Crippen LogP contribution in [0.3, 0.4) is 0 Å². The van der Waals surface area contributed by atoms with Gasteiger partial charge in [0.05, 0.1) is 24.7 Å². The Labute approximate surface area is 192 Å². The lowest BCUT2D eigenvalue weighted by Gasteiger charge is -2.74. The summed E-state index contributed by atoms with van der Waals surface area (Å²) in [6.45, 7) is 8.27. The molecule has 6 fully saturated rings. The van der Waals surface area contributed by atoms with Crippen LogP contribution in [-0.2, 0) is 28.6 Å². The van der Waals surface area contributed by atoms with Crippen molar-refractivity contribution < 1.29 is 43.9 Å². The van der Waals surface area contributed by atoms with Gasteiger partial charge >= 0.3 is 11.9 Å². The predicted octanol–water partition coefficient (Wildman–Crippen LogP) is 0.490. The highest BCUT2D eigenvalue weighted by Crippen LogP contribution is 2.76. The molecule has 182 valence electrons. The van der Waals surface area contributed by atoms with Crippen LogP contribution in [0.1, 0.15) is 46.5 Å². The van der Waals surface area contributed by atoms with Crippen molar-refractivity contribution in [1.29, 1.82) is 0 Å². The Morgan fingerprint density at radius 2 is 1.91 bits per heavy atom. The summed E-state index contributed by atoms with van der Waals surface area (Å²) < 4.78 is 17.0. The first-order valence-electron chi connectivity index (χ1n) is 11.6. The van der Waals surface area contributed by atoms with Gasteiger partial charge in [-0.15, -0.1) is 0 Å². The molecule has 2 spiro atoms. The van der Waals surface area contributed by atoms with Gasteiger partial charge in [-0.1, -0.05) is 13.5 Å². The Balaban J connectivity index is 1.73.